The second-order valence-electron chi connectivity index (χ2n) is 8.51. The number of benzene rings is 1. The smallest absolute Gasteiger partial charge is 0.255 e. The van der Waals surface area contributed by atoms with Gasteiger partial charge in [-0.3, -0.25) is 14.7 Å². The number of aliphatic hydroxyl groups excluding tert-OH is 1. The van der Waals surface area contributed by atoms with Crippen LogP contribution in [0.4, 0.5) is 5.69 Å². The number of amides is 1. The largest absolute Gasteiger partial charge is 0.390 e. The predicted molar refractivity (Wildman–Crippen MR) is 114 cm³/mol. The Morgan fingerprint density at radius 1 is 1.17 bits per heavy atom. The highest BCUT2D eigenvalue weighted by molar-refractivity contribution is 5.97. The number of rotatable bonds is 6. The van der Waals surface area contributed by atoms with Crippen LogP contribution >= 0.6 is 0 Å². The molecule has 1 fully saturated rings. The van der Waals surface area contributed by atoms with E-state index in [1.807, 2.05) is 6.07 Å². The van der Waals surface area contributed by atoms with Gasteiger partial charge in [-0.05, 0) is 23.6 Å². The first kappa shape index (κ1) is 19.5. The quantitative estimate of drug-likeness (QED) is 0.751. The molecule has 0 aliphatic carbocycles. The Morgan fingerprint density at radius 2 is 2.00 bits per heavy atom. The molecular weight excluding hydrogens is 380 g/mol. The van der Waals surface area contributed by atoms with Crippen LogP contribution < -0.4 is 5.32 Å². The summed E-state index contributed by atoms with van der Waals surface area (Å²) in [5.41, 5.74) is 5.07. The van der Waals surface area contributed by atoms with E-state index in [2.05, 4.69) is 39.5 Å². The van der Waals surface area contributed by atoms with E-state index in [9.17, 15) is 9.90 Å². The number of hydrogen-bond acceptors (Lipinski definition) is 6. The molecule has 3 aliphatic heterocycles. The highest BCUT2D eigenvalue weighted by atomic mass is 16.5. The molecule has 1 aromatic carbocycles. The minimum Gasteiger partial charge on any atom is -0.390 e. The van der Waals surface area contributed by atoms with E-state index in [-0.39, 0.29) is 11.9 Å². The predicted octanol–water partition coefficient (Wildman–Crippen LogP) is 1.31. The van der Waals surface area contributed by atoms with Crippen molar-refractivity contribution >= 4 is 11.6 Å². The lowest BCUT2D eigenvalue weighted by Crippen LogP contribution is -2.46. The van der Waals surface area contributed by atoms with Crippen molar-refractivity contribution in [1.29, 1.82) is 0 Å². The first-order valence-corrected chi connectivity index (χ1v) is 10.8. The Hall–Kier alpha value is -2.48. The summed E-state index contributed by atoms with van der Waals surface area (Å²) in [7, 11) is 0. The highest BCUT2D eigenvalue weighted by Crippen LogP contribution is 2.23. The molecular formula is C23H28N4O3. The van der Waals surface area contributed by atoms with Crippen LogP contribution in [0.2, 0.25) is 0 Å². The van der Waals surface area contributed by atoms with Crippen LogP contribution in [0.15, 0.2) is 36.5 Å². The molecule has 1 atom stereocenters. The number of ether oxygens (including phenoxy) is 1. The van der Waals surface area contributed by atoms with E-state index in [0.717, 1.165) is 37.3 Å². The fourth-order valence-electron chi connectivity index (χ4n) is 4.52. The van der Waals surface area contributed by atoms with Gasteiger partial charge in [-0.2, -0.15) is 0 Å². The summed E-state index contributed by atoms with van der Waals surface area (Å²) in [4.78, 5) is 21.6. The van der Waals surface area contributed by atoms with Crippen molar-refractivity contribution in [2.24, 2.45) is 0 Å². The van der Waals surface area contributed by atoms with Crippen molar-refractivity contribution in [3.63, 3.8) is 0 Å². The van der Waals surface area contributed by atoms with E-state index >= 15 is 0 Å². The SMILES string of the molecule is O=C1c2cc(NC3COC3)cnc2CCN1CC(O)CN1CCc2ccccc2C1. The van der Waals surface area contributed by atoms with Crippen molar-refractivity contribution in [3.8, 4) is 0 Å². The van der Waals surface area contributed by atoms with Gasteiger partial charge in [0.05, 0.1) is 48.5 Å². The Morgan fingerprint density at radius 3 is 2.80 bits per heavy atom. The zero-order chi connectivity index (χ0) is 20.5. The third-order valence-corrected chi connectivity index (χ3v) is 6.23. The summed E-state index contributed by atoms with van der Waals surface area (Å²) in [6.45, 7) is 4.69. The molecule has 158 valence electrons. The molecule has 2 aromatic rings. The van der Waals surface area contributed by atoms with E-state index < -0.39 is 6.10 Å². The lowest BCUT2D eigenvalue weighted by molar-refractivity contribution is 0.0211. The second kappa shape index (κ2) is 8.34. The highest BCUT2D eigenvalue weighted by Gasteiger charge is 2.29. The van der Waals surface area contributed by atoms with Crippen LogP contribution in [0.25, 0.3) is 0 Å². The molecule has 2 N–H and O–H groups in total. The van der Waals surface area contributed by atoms with Crippen molar-refractivity contribution in [2.75, 3.05) is 44.7 Å². The maximum absolute atomic E-state index is 13.0. The monoisotopic (exact) mass is 408 g/mol. The zero-order valence-corrected chi connectivity index (χ0v) is 17.1. The Labute approximate surface area is 176 Å². The normalized spacial score (nSPS) is 20.3. The fraction of sp³-hybridized carbons (Fsp3) is 0.478. The molecule has 7 nitrogen and oxygen atoms in total. The van der Waals surface area contributed by atoms with Gasteiger partial charge in [0, 0.05) is 39.1 Å². The number of nitrogens with one attached hydrogen (secondary N) is 1. The third kappa shape index (κ3) is 4.05. The minimum atomic E-state index is -0.567. The number of carbonyl (C=O) groups is 1. The van der Waals surface area contributed by atoms with Gasteiger partial charge in [-0.15, -0.1) is 0 Å². The van der Waals surface area contributed by atoms with Crippen molar-refractivity contribution in [2.45, 2.75) is 31.5 Å². The van der Waals surface area contributed by atoms with Crippen LogP contribution in [0.1, 0.15) is 27.2 Å². The maximum Gasteiger partial charge on any atom is 0.255 e. The average molecular weight is 409 g/mol. The van der Waals surface area contributed by atoms with Gasteiger partial charge in [0.25, 0.3) is 5.91 Å². The van der Waals surface area contributed by atoms with E-state index in [0.29, 0.717) is 38.4 Å². The average Bonchev–Trinajstić information content (AvgIpc) is 2.73. The molecule has 1 aromatic heterocycles. The summed E-state index contributed by atoms with van der Waals surface area (Å²) >= 11 is 0. The summed E-state index contributed by atoms with van der Waals surface area (Å²) in [6.07, 6.45) is 2.95. The van der Waals surface area contributed by atoms with Gasteiger partial charge in [0.15, 0.2) is 0 Å². The van der Waals surface area contributed by atoms with Gasteiger partial charge in [-0.1, -0.05) is 24.3 Å². The molecule has 4 heterocycles. The Kier molecular flexibility index (Phi) is 5.41. The van der Waals surface area contributed by atoms with Crippen molar-refractivity contribution in [3.05, 3.63) is 58.9 Å². The lowest BCUT2D eigenvalue weighted by Gasteiger charge is -2.34. The number of aliphatic hydroxyl groups is 1. The molecule has 0 bridgehead atoms. The summed E-state index contributed by atoms with van der Waals surface area (Å²) < 4.78 is 5.19. The number of fused-ring (bicyclic) bond motifs is 2. The minimum absolute atomic E-state index is 0.0414. The number of β-amino-alcohol motifs (C(OH)–C–C–N with tert-alkyl or cyclic N) is 1. The molecule has 0 spiro atoms. The van der Waals surface area contributed by atoms with Crippen molar-refractivity contribution < 1.29 is 14.6 Å². The molecule has 3 aliphatic rings. The number of hydrogen-bond donors (Lipinski definition) is 2. The third-order valence-electron chi connectivity index (χ3n) is 6.23. The maximum atomic E-state index is 13.0. The van der Waals surface area contributed by atoms with Crippen molar-refractivity contribution in [1.82, 2.24) is 14.8 Å². The van der Waals surface area contributed by atoms with Crippen LogP contribution in [-0.2, 0) is 24.1 Å². The molecule has 30 heavy (non-hydrogen) atoms. The van der Waals surface area contributed by atoms with E-state index in [4.69, 9.17) is 4.74 Å². The number of anilines is 1. The van der Waals surface area contributed by atoms with Gasteiger partial charge in [-0.25, -0.2) is 0 Å². The molecule has 1 saturated heterocycles. The zero-order valence-electron chi connectivity index (χ0n) is 17.1. The first-order valence-electron chi connectivity index (χ1n) is 10.8. The first-order chi connectivity index (χ1) is 14.7. The molecule has 1 amide bonds. The van der Waals surface area contributed by atoms with Crippen LogP contribution in [0, 0.1) is 0 Å². The van der Waals surface area contributed by atoms with Crippen LogP contribution in [-0.4, -0.2) is 77.3 Å². The number of aromatic nitrogens is 1. The summed E-state index contributed by atoms with van der Waals surface area (Å²) in [6, 6.07) is 10.7. The molecule has 7 heteroatoms. The van der Waals surface area contributed by atoms with Gasteiger partial charge < -0.3 is 20.1 Å². The second-order valence-corrected chi connectivity index (χ2v) is 8.51. The van der Waals surface area contributed by atoms with Crippen LogP contribution in [0.5, 0.6) is 0 Å². The topological polar surface area (TPSA) is 77.9 Å². The number of nitrogens with zero attached hydrogens (tertiary/aromatic N) is 3. The van der Waals surface area contributed by atoms with Crippen LogP contribution in [0.3, 0.4) is 0 Å². The molecule has 1 unspecified atom stereocenters. The summed E-state index contributed by atoms with van der Waals surface area (Å²) in [5, 5.41) is 14.1. The number of pyridine rings is 1. The Bertz CT molecular complexity index is 930. The van der Waals surface area contributed by atoms with Gasteiger partial charge >= 0.3 is 0 Å². The van der Waals surface area contributed by atoms with E-state index in [1.54, 1.807) is 11.1 Å². The fourth-order valence-corrected chi connectivity index (χ4v) is 4.52. The molecule has 0 radical (unpaired) electrons. The Balaban J connectivity index is 1.20. The van der Waals surface area contributed by atoms with E-state index in [1.165, 1.54) is 11.1 Å². The standard InChI is InChI=1S/C23H28N4O3/c28-20(12-26-7-5-16-3-1-2-4-17(16)11-26)13-27-8-6-22-21(23(27)29)9-18(10-24-22)25-19-14-30-15-19/h1-4,9-10,19-20,25,28H,5-8,11-15H2. The lowest BCUT2D eigenvalue weighted by atomic mass is 9.99. The van der Waals surface area contributed by atoms with Gasteiger partial charge in [0.2, 0.25) is 0 Å². The molecule has 0 saturated carbocycles. The summed E-state index contributed by atoms with van der Waals surface area (Å²) in [5.74, 6) is -0.0414. The number of carbonyl (C=O) groups excluding carboxylic acids is 1. The van der Waals surface area contributed by atoms with Gasteiger partial charge in [0.1, 0.15) is 0 Å². The molecule has 5 rings (SSSR count).